The lowest BCUT2D eigenvalue weighted by Crippen LogP contribution is -2.53. The number of hydrogen-bond donors (Lipinski definition) is 0. The molecule has 2 saturated heterocycles. The summed E-state index contributed by atoms with van der Waals surface area (Å²) in [5, 5.41) is 0. The number of ether oxygens (including phenoxy) is 3. The van der Waals surface area contributed by atoms with Crippen molar-refractivity contribution < 1.29 is 40.6 Å². The molecule has 11 heteroatoms. The lowest BCUT2D eigenvalue weighted by molar-refractivity contribution is -0.291. The van der Waals surface area contributed by atoms with Crippen molar-refractivity contribution in [2.45, 2.75) is 62.5 Å². The molecular formula is C18H30F6N2O3. The molecule has 172 valence electrons. The molecule has 5 nitrogen and oxygen atoms in total. The number of nitrogens with zero attached hydrogens (tertiary/aromatic N) is 2. The van der Waals surface area contributed by atoms with Crippen molar-refractivity contribution in [1.29, 1.82) is 0 Å². The third-order valence-electron chi connectivity index (χ3n) is 5.50. The Bertz CT molecular complexity index is 449. The van der Waals surface area contributed by atoms with E-state index in [4.69, 9.17) is 14.2 Å². The SMILES string of the molecule is COC1CCCN(CC(OC(CN2CCCC(OC)C2)C(F)(F)F)C(F)(F)F)C1. The summed E-state index contributed by atoms with van der Waals surface area (Å²) >= 11 is 0. The van der Waals surface area contributed by atoms with Crippen LogP contribution in [0.5, 0.6) is 0 Å². The third kappa shape index (κ3) is 7.86. The molecule has 0 bridgehead atoms. The molecule has 2 heterocycles. The molecular weight excluding hydrogens is 406 g/mol. The highest BCUT2D eigenvalue weighted by atomic mass is 19.4. The molecule has 2 rings (SSSR count). The predicted molar refractivity (Wildman–Crippen MR) is 93.7 cm³/mol. The fourth-order valence-corrected chi connectivity index (χ4v) is 3.86. The summed E-state index contributed by atoms with van der Waals surface area (Å²) in [6.45, 7) is -0.0644. The number of alkyl halides is 6. The van der Waals surface area contributed by atoms with Crippen LogP contribution in [0.25, 0.3) is 0 Å². The topological polar surface area (TPSA) is 34.2 Å². The van der Waals surface area contributed by atoms with Crippen LogP contribution in [-0.2, 0) is 14.2 Å². The van der Waals surface area contributed by atoms with Gasteiger partial charge in [0.05, 0.1) is 12.2 Å². The van der Waals surface area contributed by atoms with Crippen molar-refractivity contribution in [3.05, 3.63) is 0 Å². The number of methoxy groups -OCH3 is 2. The molecule has 4 atom stereocenters. The van der Waals surface area contributed by atoms with Crippen LogP contribution in [0.4, 0.5) is 26.3 Å². The minimum atomic E-state index is -4.90. The van der Waals surface area contributed by atoms with Gasteiger partial charge >= 0.3 is 12.4 Å². The Kier molecular flexibility index (Phi) is 9.02. The molecule has 0 aromatic rings. The van der Waals surface area contributed by atoms with E-state index in [1.807, 2.05) is 0 Å². The van der Waals surface area contributed by atoms with Gasteiger partial charge in [0.15, 0.2) is 12.2 Å². The number of piperidine rings is 2. The van der Waals surface area contributed by atoms with Crippen LogP contribution >= 0.6 is 0 Å². The lowest BCUT2D eigenvalue weighted by Gasteiger charge is -2.38. The van der Waals surface area contributed by atoms with Crippen molar-refractivity contribution in [3.63, 3.8) is 0 Å². The smallest absolute Gasteiger partial charge is 0.380 e. The Morgan fingerprint density at radius 3 is 1.45 bits per heavy atom. The van der Waals surface area contributed by atoms with Crippen LogP contribution in [0.3, 0.4) is 0 Å². The normalized spacial score (nSPS) is 27.7. The van der Waals surface area contributed by atoms with E-state index in [0.29, 0.717) is 38.8 Å². The second-order valence-electron chi connectivity index (χ2n) is 7.72. The summed E-state index contributed by atoms with van der Waals surface area (Å²) in [4.78, 5) is 2.93. The second kappa shape index (κ2) is 10.6. The molecule has 0 radical (unpaired) electrons. The van der Waals surface area contributed by atoms with E-state index in [2.05, 4.69) is 0 Å². The number of rotatable bonds is 8. The van der Waals surface area contributed by atoms with Gasteiger partial charge in [0, 0.05) is 40.4 Å². The van der Waals surface area contributed by atoms with E-state index < -0.39 is 37.7 Å². The molecule has 0 aromatic carbocycles. The second-order valence-corrected chi connectivity index (χ2v) is 7.72. The predicted octanol–water partition coefficient (Wildman–Crippen LogP) is 3.09. The molecule has 29 heavy (non-hydrogen) atoms. The van der Waals surface area contributed by atoms with Gasteiger partial charge in [-0.05, 0) is 38.8 Å². The highest BCUT2D eigenvalue weighted by Crippen LogP contribution is 2.32. The summed E-state index contributed by atoms with van der Waals surface area (Å²) in [5.74, 6) is 0. The number of hydrogen-bond acceptors (Lipinski definition) is 5. The highest BCUT2D eigenvalue weighted by Gasteiger charge is 2.50. The van der Waals surface area contributed by atoms with Crippen LogP contribution < -0.4 is 0 Å². The van der Waals surface area contributed by atoms with E-state index in [0.717, 1.165) is 0 Å². The summed E-state index contributed by atoms with van der Waals surface area (Å²) in [7, 11) is 2.94. The largest absolute Gasteiger partial charge is 0.415 e. The van der Waals surface area contributed by atoms with Gasteiger partial charge in [-0.3, -0.25) is 9.80 Å². The van der Waals surface area contributed by atoms with Gasteiger partial charge in [-0.25, -0.2) is 0 Å². The van der Waals surface area contributed by atoms with Gasteiger partial charge in [0.25, 0.3) is 0 Å². The van der Waals surface area contributed by atoms with Crippen molar-refractivity contribution in [3.8, 4) is 0 Å². The van der Waals surface area contributed by atoms with Crippen molar-refractivity contribution in [1.82, 2.24) is 9.80 Å². The summed E-state index contributed by atoms with van der Waals surface area (Å²) in [5.41, 5.74) is 0. The number of likely N-dealkylation sites (tertiary alicyclic amines) is 2. The van der Waals surface area contributed by atoms with Gasteiger partial charge in [-0.15, -0.1) is 0 Å². The average Bonchev–Trinajstić information content (AvgIpc) is 2.65. The molecule has 0 saturated carbocycles. The Hall–Kier alpha value is -0.620. The lowest BCUT2D eigenvalue weighted by atomic mass is 10.1. The molecule has 0 N–H and O–H groups in total. The zero-order chi connectivity index (χ0) is 21.7. The van der Waals surface area contributed by atoms with E-state index in [-0.39, 0.29) is 25.3 Å². The van der Waals surface area contributed by atoms with Crippen LogP contribution in [0.2, 0.25) is 0 Å². The van der Waals surface area contributed by atoms with Crippen LogP contribution in [0.15, 0.2) is 0 Å². The van der Waals surface area contributed by atoms with E-state index in [9.17, 15) is 26.3 Å². The third-order valence-corrected chi connectivity index (χ3v) is 5.50. The maximum atomic E-state index is 13.5. The van der Waals surface area contributed by atoms with E-state index >= 15 is 0 Å². The van der Waals surface area contributed by atoms with Crippen LogP contribution in [0, 0.1) is 0 Å². The van der Waals surface area contributed by atoms with Gasteiger partial charge in [0.2, 0.25) is 0 Å². The summed E-state index contributed by atoms with van der Waals surface area (Å²) < 4.78 is 96.2. The highest BCUT2D eigenvalue weighted by molar-refractivity contribution is 4.84. The minimum absolute atomic E-state index is 0.227. The fourth-order valence-electron chi connectivity index (χ4n) is 3.86. The first kappa shape index (κ1) is 24.6. The molecule has 2 fully saturated rings. The number of halogens is 6. The molecule has 0 spiro atoms. The maximum absolute atomic E-state index is 13.5. The van der Waals surface area contributed by atoms with Gasteiger partial charge in [-0.2, -0.15) is 26.3 Å². The molecule has 4 unspecified atom stereocenters. The molecule has 0 aromatic heterocycles. The Morgan fingerprint density at radius 1 is 0.759 bits per heavy atom. The average molecular weight is 436 g/mol. The van der Waals surface area contributed by atoms with Crippen molar-refractivity contribution >= 4 is 0 Å². The van der Waals surface area contributed by atoms with E-state index in [1.165, 1.54) is 24.0 Å². The summed E-state index contributed by atoms with van der Waals surface area (Å²) in [6.07, 6.45) is -12.6. The van der Waals surface area contributed by atoms with Gasteiger partial charge < -0.3 is 14.2 Å². The van der Waals surface area contributed by atoms with Crippen LogP contribution in [0.1, 0.15) is 25.7 Å². The minimum Gasteiger partial charge on any atom is -0.380 e. The van der Waals surface area contributed by atoms with Crippen molar-refractivity contribution in [2.24, 2.45) is 0 Å². The zero-order valence-corrected chi connectivity index (χ0v) is 16.8. The first-order chi connectivity index (χ1) is 13.5. The van der Waals surface area contributed by atoms with Gasteiger partial charge in [0.1, 0.15) is 0 Å². The molecule has 0 amide bonds. The van der Waals surface area contributed by atoms with Crippen molar-refractivity contribution in [2.75, 3.05) is 53.5 Å². The molecule has 0 aliphatic carbocycles. The first-order valence-corrected chi connectivity index (χ1v) is 9.82. The monoisotopic (exact) mass is 436 g/mol. The summed E-state index contributed by atoms with van der Waals surface area (Å²) in [6, 6.07) is 0. The Labute approximate surface area is 167 Å². The molecule has 2 aliphatic rings. The molecule has 2 aliphatic heterocycles. The van der Waals surface area contributed by atoms with Crippen LogP contribution in [-0.4, -0.2) is 100 Å². The Balaban J connectivity index is 2.05. The van der Waals surface area contributed by atoms with Gasteiger partial charge in [-0.1, -0.05) is 0 Å². The fraction of sp³-hybridized carbons (Fsp3) is 1.00. The maximum Gasteiger partial charge on any atom is 0.415 e. The quantitative estimate of drug-likeness (QED) is 0.547. The standard InChI is InChI=1S/C18H30F6N2O3/c1-27-13-5-3-7-25(9-13)11-15(17(19,20)21)29-16(18(22,23)24)12-26-8-4-6-14(10-26)28-2/h13-16H,3-12H2,1-2H3. The zero-order valence-electron chi connectivity index (χ0n) is 16.8. The first-order valence-electron chi connectivity index (χ1n) is 9.82. The van der Waals surface area contributed by atoms with E-state index in [1.54, 1.807) is 0 Å². The Morgan fingerprint density at radius 2 is 1.14 bits per heavy atom.